The van der Waals surface area contributed by atoms with E-state index in [0.717, 1.165) is 32.3 Å². The molecule has 1 amide bonds. The number of aryl methyl sites for hydroxylation is 1. The molecule has 2 fully saturated rings. The van der Waals surface area contributed by atoms with E-state index in [9.17, 15) is 9.59 Å². The number of amides is 1. The Kier molecular flexibility index (Phi) is 3.84. The Morgan fingerprint density at radius 2 is 2.38 bits per heavy atom. The largest absolute Gasteiger partial charge is 0.375 e. The van der Waals surface area contributed by atoms with Crippen LogP contribution in [0.5, 0.6) is 0 Å². The van der Waals surface area contributed by atoms with Gasteiger partial charge in [0.1, 0.15) is 12.9 Å². The SMILES string of the molecule is Cn1cnn(CC(=O)NC[C@H]2CCOC3(CCC3)C2)c1=O. The van der Waals surface area contributed by atoms with E-state index < -0.39 is 0 Å². The molecule has 1 aromatic heterocycles. The van der Waals surface area contributed by atoms with Crippen LogP contribution in [0.4, 0.5) is 0 Å². The van der Waals surface area contributed by atoms with Gasteiger partial charge in [-0.1, -0.05) is 0 Å². The average Bonchev–Trinajstić information content (AvgIpc) is 2.76. The zero-order chi connectivity index (χ0) is 14.9. The molecule has 116 valence electrons. The minimum Gasteiger partial charge on any atom is -0.375 e. The van der Waals surface area contributed by atoms with Crippen molar-refractivity contribution in [2.24, 2.45) is 13.0 Å². The first kappa shape index (κ1) is 14.3. The lowest BCUT2D eigenvalue weighted by Gasteiger charge is -2.47. The van der Waals surface area contributed by atoms with Crippen LogP contribution >= 0.6 is 0 Å². The topological polar surface area (TPSA) is 78.2 Å². The Bertz CT molecular complexity index is 573. The molecule has 7 nitrogen and oxygen atoms in total. The number of ether oxygens (including phenoxy) is 1. The maximum Gasteiger partial charge on any atom is 0.345 e. The molecular formula is C14H22N4O3. The Labute approximate surface area is 123 Å². The molecule has 1 saturated heterocycles. The summed E-state index contributed by atoms with van der Waals surface area (Å²) in [6.45, 7) is 1.43. The summed E-state index contributed by atoms with van der Waals surface area (Å²) in [5.41, 5.74) is -0.171. The van der Waals surface area contributed by atoms with Crippen LogP contribution in [0, 0.1) is 5.92 Å². The number of carbonyl (C=O) groups excluding carboxylic acids is 1. The average molecular weight is 294 g/mol. The van der Waals surface area contributed by atoms with E-state index in [2.05, 4.69) is 10.4 Å². The molecule has 0 aromatic carbocycles. The summed E-state index contributed by atoms with van der Waals surface area (Å²) in [6, 6.07) is 0. The molecule has 1 aromatic rings. The molecule has 7 heteroatoms. The third kappa shape index (κ3) is 3.02. The van der Waals surface area contributed by atoms with Gasteiger partial charge < -0.3 is 10.1 Å². The van der Waals surface area contributed by atoms with E-state index in [1.54, 1.807) is 7.05 Å². The second-order valence-corrected chi connectivity index (χ2v) is 6.23. The predicted octanol–water partition coefficient (Wildman–Crippen LogP) is 0.0473. The lowest BCUT2D eigenvalue weighted by atomic mass is 9.72. The monoisotopic (exact) mass is 294 g/mol. The quantitative estimate of drug-likeness (QED) is 0.851. The highest BCUT2D eigenvalue weighted by atomic mass is 16.5. The third-order valence-electron chi connectivity index (χ3n) is 4.63. The summed E-state index contributed by atoms with van der Waals surface area (Å²) in [5.74, 6) is 0.313. The van der Waals surface area contributed by atoms with Crippen LogP contribution in [0.15, 0.2) is 11.1 Å². The number of rotatable bonds is 4. The maximum atomic E-state index is 11.9. The minimum atomic E-state index is -0.273. The summed E-state index contributed by atoms with van der Waals surface area (Å²) >= 11 is 0. The van der Waals surface area contributed by atoms with E-state index in [-0.39, 0.29) is 23.7 Å². The van der Waals surface area contributed by atoms with Crippen LogP contribution < -0.4 is 11.0 Å². The second kappa shape index (κ2) is 5.63. The smallest absolute Gasteiger partial charge is 0.345 e. The van der Waals surface area contributed by atoms with Crippen molar-refractivity contribution in [3.05, 3.63) is 16.8 Å². The Morgan fingerprint density at radius 3 is 3.00 bits per heavy atom. The molecule has 1 N–H and O–H groups in total. The molecule has 1 aliphatic heterocycles. The van der Waals surface area contributed by atoms with Gasteiger partial charge in [0.05, 0.1) is 5.60 Å². The molecule has 0 radical (unpaired) electrons. The van der Waals surface area contributed by atoms with Gasteiger partial charge in [-0.3, -0.25) is 9.36 Å². The van der Waals surface area contributed by atoms with Crippen molar-refractivity contribution in [2.75, 3.05) is 13.2 Å². The van der Waals surface area contributed by atoms with Crippen LogP contribution in [0.25, 0.3) is 0 Å². The van der Waals surface area contributed by atoms with Crippen LogP contribution in [-0.2, 0) is 23.1 Å². The fourth-order valence-electron chi connectivity index (χ4n) is 3.20. The second-order valence-electron chi connectivity index (χ2n) is 6.23. The number of hydrogen-bond donors (Lipinski definition) is 1. The predicted molar refractivity (Wildman–Crippen MR) is 75.7 cm³/mol. The molecule has 21 heavy (non-hydrogen) atoms. The summed E-state index contributed by atoms with van der Waals surface area (Å²) in [6.07, 6.45) is 7.00. The van der Waals surface area contributed by atoms with E-state index in [0.29, 0.717) is 12.5 Å². The van der Waals surface area contributed by atoms with Gasteiger partial charge in [0.15, 0.2) is 0 Å². The lowest BCUT2D eigenvalue weighted by molar-refractivity contribution is -0.144. The first-order valence-electron chi connectivity index (χ1n) is 7.57. The van der Waals surface area contributed by atoms with Crippen molar-refractivity contribution in [1.29, 1.82) is 0 Å². The zero-order valence-electron chi connectivity index (χ0n) is 12.4. The van der Waals surface area contributed by atoms with Gasteiger partial charge in [-0.25, -0.2) is 9.48 Å². The fraction of sp³-hybridized carbons (Fsp3) is 0.786. The first-order valence-corrected chi connectivity index (χ1v) is 7.57. The summed E-state index contributed by atoms with van der Waals surface area (Å²) in [5, 5.41) is 6.80. The normalized spacial score (nSPS) is 23.8. The highest BCUT2D eigenvalue weighted by molar-refractivity contribution is 5.75. The van der Waals surface area contributed by atoms with Gasteiger partial charge in [0.25, 0.3) is 0 Å². The number of nitrogens with zero attached hydrogens (tertiary/aromatic N) is 3. The summed E-state index contributed by atoms with van der Waals surface area (Å²) < 4.78 is 8.41. The summed E-state index contributed by atoms with van der Waals surface area (Å²) in [7, 11) is 1.61. The van der Waals surface area contributed by atoms with Crippen LogP contribution in [0.3, 0.4) is 0 Å². The summed E-state index contributed by atoms with van der Waals surface area (Å²) in [4.78, 5) is 23.5. The number of nitrogens with one attached hydrogen (secondary N) is 1. The van der Waals surface area contributed by atoms with Crippen molar-refractivity contribution >= 4 is 5.91 Å². The van der Waals surface area contributed by atoms with Gasteiger partial charge in [0.2, 0.25) is 5.91 Å². The number of carbonyl (C=O) groups is 1. The molecular weight excluding hydrogens is 272 g/mol. The molecule has 2 heterocycles. The van der Waals surface area contributed by atoms with Crippen molar-refractivity contribution in [3.8, 4) is 0 Å². The van der Waals surface area contributed by atoms with Crippen molar-refractivity contribution in [3.63, 3.8) is 0 Å². The Hall–Kier alpha value is -1.63. The molecule has 2 aliphatic rings. The van der Waals surface area contributed by atoms with E-state index in [4.69, 9.17) is 4.74 Å². The molecule has 1 aliphatic carbocycles. The van der Waals surface area contributed by atoms with Crippen molar-refractivity contribution in [2.45, 2.75) is 44.2 Å². The van der Waals surface area contributed by atoms with Gasteiger partial charge in [0, 0.05) is 20.2 Å². The molecule has 3 rings (SSSR count). The lowest BCUT2D eigenvalue weighted by Crippen LogP contribution is -2.48. The molecule has 0 unspecified atom stereocenters. The molecule has 0 bridgehead atoms. The number of hydrogen-bond acceptors (Lipinski definition) is 4. The van der Waals surface area contributed by atoms with E-state index in [1.807, 2.05) is 0 Å². The molecule has 1 saturated carbocycles. The fourth-order valence-corrected chi connectivity index (χ4v) is 3.20. The van der Waals surface area contributed by atoms with Crippen LogP contribution in [-0.4, -0.2) is 39.0 Å². The zero-order valence-corrected chi connectivity index (χ0v) is 12.4. The number of aromatic nitrogens is 3. The van der Waals surface area contributed by atoms with Crippen LogP contribution in [0.1, 0.15) is 32.1 Å². The van der Waals surface area contributed by atoms with Gasteiger partial charge in [-0.2, -0.15) is 5.10 Å². The van der Waals surface area contributed by atoms with Crippen molar-refractivity contribution in [1.82, 2.24) is 19.7 Å². The van der Waals surface area contributed by atoms with Crippen LogP contribution in [0.2, 0.25) is 0 Å². The Morgan fingerprint density at radius 1 is 1.57 bits per heavy atom. The maximum absolute atomic E-state index is 11.9. The van der Waals surface area contributed by atoms with Gasteiger partial charge in [-0.05, 0) is 38.0 Å². The van der Waals surface area contributed by atoms with E-state index in [1.165, 1.54) is 22.0 Å². The highest BCUT2D eigenvalue weighted by Crippen LogP contribution is 2.43. The minimum absolute atomic E-state index is 0.0198. The van der Waals surface area contributed by atoms with Crippen molar-refractivity contribution < 1.29 is 9.53 Å². The van der Waals surface area contributed by atoms with Gasteiger partial charge >= 0.3 is 5.69 Å². The first-order chi connectivity index (χ1) is 10.1. The standard InChI is InChI=1S/C14H22N4O3/c1-17-10-16-18(13(17)20)9-12(19)15-8-11-3-6-21-14(7-11)4-2-5-14/h10-11H,2-9H2,1H3,(H,15,19)/t11-/m0/s1. The van der Waals surface area contributed by atoms with E-state index >= 15 is 0 Å². The Balaban J connectivity index is 1.47. The molecule has 1 atom stereocenters. The highest BCUT2D eigenvalue weighted by Gasteiger charge is 2.42. The molecule has 1 spiro atoms. The van der Waals surface area contributed by atoms with Gasteiger partial charge in [-0.15, -0.1) is 0 Å². The third-order valence-corrected chi connectivity index (χ3v) is 4.63.